The highest BCUT2D eigenvalue weighted by atomic mass is 79.9. The molecule has 1 aliphatic rings. The van der Waals surface area contributed by atoms with E-state index in [4.69, 9.17) is 0 Å². The summed E-state index contributed by atoms with van der Waals surface area (Å²) in [6.45, 7) is 1.62. The normalized spacial score (nSPS) is 23.4. The van der Waals surface area contributed by atoms with Gasteiger partial charge in [0.25, 0.3) is 0 Å². The number of hydrogen-bond donors (Lipinski definition) is 0. The maximum atomic E-state index is 12.3. The second-order valence-corrected chi connectivity index (χ2v) is 9.89. The number of halogens is 1. The lowest BCUT2D eigenvalue weighted by atomic mass is 10.2. The van der Waals surface area contributed by atoms with E-state index < -0.39 is 25.9 Å². The molecule has 0 amide bonds. The van der Waals surface area contributed by atoms with E-state index in [1.807, 2.05) is 12.1 Å². The van der Waals surface area contributed by atoms with Crippen LogP contribution in [0.4, 0.5) is 0 Å². The van der Waals surface area contributed by atoms with E-state index in [2.05, 4.69) is 15.9 Å². The average Bonchev–Trinajstić information content (AvgIpc) is 2.35. The Labute approximate surface area is 133 Å². The maximum Gasteiger partial charge on any atom is 0.236 e. The van der Waals surface area contributed by atoms with E-state index >= 15 is 0 Å². The quantitative estimate of drug-likeness (QED) is 0.785. The van der Waals surface area contributed by atoms with Gasteiger partial charge in [0.1, 0.15) is 0 Å². The van der Waals surface area contributed by atoms with Crippen LogP contribution in [0.3, 0.4) is 0 Å². The van der Waals surface area contributed by atoms with Crippen LogP contribution in [0.5, 0.6) is 0 Å². The van der Waals surface area contributed by atoms with Crippen molar-refractivity contribution >= 4 is 41.9 Å². The van der Waals surface area contributed by atoms with Crippen LogP contribution in [-0.2, 0) is 19.9 Å². The van der Waals surface area contributed by atoms with Gasteiger partial charge >= 0.3 is 0 Å². The molecule has 0 radical (unpaired) electrons. The van der Waals surface area contributed by atoms with Gasteiger partial charge in [0.05, 0.1) is 11.5 Å². The lowest BCUT2D eigenvalue weighted by molar-refractivity contribution is 0.361. The minimum absolute atomic E-state index is 0.00859. The van der Waals surface area contributed by atoms with Gasteiger partial charge in [0.2, 0.25) is 10.0 Å². The van der Waals surface area contributed by atoms with Gasteiger partial charge in [0.15, 0.2) is 9.84 Å². The number of sulfonamides is 1. The van der Waals surface area contributed by atoms with Gasteiger partial charge in [-0.15, -0.1) is 0 Å². The first-order valence-electron chi connectivity index (χ1n) is 6.35. The molecular weight excluding hydrogens is 378 g/mol. The molecule has 1 aromatic rings. The summed E-state index contributed by atoms with van der Waals surface area (Å²) < 4.78 is 49.7. The zero-order valence-electron chi connectivity index (χ0n) is 11.4. The Morgan fingerprint density at radius 3 is 2.71 bits per heavy atom. The van der Waals surface area contributed by atoms with Crippen LogP contribution in [0.1, 0.15) is 12.5 Å². The fraction of sp³-hybridized carbons (Fsp3) is 0.385. The average molecular weight is 394 g/mol. The standard InChI is InChI=1S/C13H16BrNO4S2/c1-11-10-20(16,17)8-6-15(11)21(18,19)7-5-12-3-2-4-13(14)9-12/h2-5,7,9,11H,6,8,10H2,1H3/b7-5+/t11-/m1/s1. The molecule has 0 N–H and O–H groups in total. The van der Waals surface area contributed by atoms with E-state index in [-0.39, 0.29) is 18.1 Å². The predicted molar refractivity (Wildman–Crippen MR) is 86.9 cm³/mol. The zero-order chi connectivity index (χ0) is 15.7. The minimum atomic E-state index is -3.62. The van der Waals surface area contributed by atoms with Crippen molar-refractivity contribution < 1.29 is 16.8 Å². The van der Waals surface area contributed by atoms with E-state index in [9.17, 15) is 16.8 Å². The second kappa shape index (κ2) is 6.20. The summed E-state index contributed by atoms with van der Waals surface area (Å²) in [5.74, 6) is -0.252. The van der Waals surface area contributed by atoms with Gasteiger partial charge in [-0.3, -0.25) is 0 Å². The molecule has 0 unspecified atom stereocenters. The summed E-state index contributed by atoms with van der Waals surface area (Å²) in [6.07, 6.45) is 1.51. The molecule has 2 rings (SSSR count). The van der Waals surface area contributed by atoms with Crippen LogP contribution in [0.2, 0.25) is 0 Å². The van der Waals surface area contributed by atoms with E-state index in [1.54, 1.807) is 19.1 Å². The predicted octanol–water partition coefficient (Wildman–Crippen LogP) is 1.87. The second-order valence-electron chi connectivity index (χ2n) is 4.98. The SMILES string of the molecule is C[C@@H]1CS(=O)(=O)CCN1S(=O)(=O)/C=C/c1cccc(Br)c1. The molecule has 8 heteroatoms. The molecule has 0 aromatic heterocycles. The molecule has 1 fully saturated rings. The van der Waals surface area contributed by atoms with Crippen molar-refractivity contribution in [2.24, 2.45) is 0 Å². The lowest BCUT2D eigenvalue weighted by Gasteiger charge is -2.30. The van der Waals surface area contributed by atoms with Crippen molar-refractivity contribution in [2.45, 2.75) is 13.0 Å². The third kappa shape index (κ3) is 4.38. The van der Waals surface area contributed by atoms with Crippen LogP contribution < -0.4 is 0 Å². The molecule has 1 atom stereocenters. The first-order chi connectivity index (χ1) is 9.70. The monoisotopic (exact) mass is 393 g/mol. The highest BCUT2D eigenvalue weighted by Crippen LogP contribution is 2.18. The highest BCUT2D eigenvalue weighted by molar-refractivity contribution is 9.10. The molecule has 1 saturated heterocycles. The van der Waals surface area contributed by atoms with Crippen LogP contribution in [0, 0.1) is 0 Å². The van der Waals surface area contributed by atoms with Gasteiger partial charge in [0, 0.05) is 22.5 Å². The number of nitrogens with zero attached hydrogens (tertiary/aromatic N) is 1. The summed E-state index contributed by atoms with van der Waals surface area (Å²) in [6, 6.07) is 6.72. The summed E-state index contributed by atoms with van der Waals surface area (Å²) >= 11 is 3.32. The molecule has 1 heterocycles. The Kier molecular flexibility index (Phi) is 4.92. The van der Waals surface area contributed by atoms with Crippen LogP contribution in [0.15, 0.2) is 34.1 Å². The van der Waals surface area contributed by atoms with Gasteiger partial charge in [-0.25, -0.2) is 16.8 Å². The Hall–Kier alpha value is -0.700. The Morgan fingerprint density at radius 1 is 1.38 bits per heavy atom. The Morgan fingerprint density at radius 2 is 2.10 bits per heavy atom. The highest BCUT2D eigenvalue weighted by Gasteiger charge is 2.34. The largest absolute Gasteiger partial charge is 0.236 e. The zero-order valence-corrected chi connectivity index (χ0v) is 14.7. The van der Waals surface area contributed by atoms with Crippen LogP contribution >= 0.6 is 15.9 Å². The summed E-state index contributed by atoms with van der Waals surface area (Å²) in [5, 5.41) is 1.13. The number of rotatable bonds is 3. The van der Waals surface area contributed by atoms with Crippen molar-refractivity contribution in [3.05, 3.63) is 39.7 Å². The topological polar surface area (TPSA) is 71.5 Å². The molecule has 116 valence electrons. The molecule has 1 aromatic carbocycles. The first kappa shape index (κ1) is 16.7. The Balaban J connectivity index is 2.19. The molecule has 0 aliphatic carbocycles. The first-order valence-corrected chi connectivity index (χ1v) is 10.5. The van der Waals surface area contributed by atoms with E-state index in [0.717, 1.165) is 15.4 Å². The van der Waals surface area contributed by atoms with Crippen molar-refractivity contribution in [3.63, 3.8) is 0 Å². The van der Waals surface area contributed by atoms with Crippen LogP contribution in [0.25, 0.3) is 6.08 Å². The fourth-order valence-electron chi connectivity index (χ4n) is 2.21. The molecule has 0 bridgehead atoms. The molecule has 0 saturated carbocycles. The molecule has 21 heavy (non-hydrogen) atoms. The molecule has 0 spiro atoms. The summed E-state index contributed by atoms with van der Waals surface area (Å²) in [7, 11) is -6.75. The number of sulfone groups is 1. The van der Waals surface area contributed by atoms with Crippen LogP contribution in [-0.4, -0.2) is 45.2 Å². The van der Waals surface area contributed by atoms with Crippen molar-refractivity contribution in [2.75, 3.05) is 18.1 Å². The van der Waals surface area contributed by atoms with E-state index in [0.29, 0.717) is 0 Å². The third-order valence-corrected chi connectivity index (χ3v) is 7.18. The summed E-state index contributed by atoms with van der Waals surface area (Å²) in [5.41, 5.74) is 0.755. The smallest absolute Gasteiger partial charge is 0.229 e. The molecule has 5 nitrogen and oxygen atoms in total. The van der Waals surface area contributed by atoms with Gasteiger partial charge in [-0.1, -0.05) is 28.1 Å². The fourth-order valence-corrected chi connectivity index (χ4v) is 5.81. The Bertz CT molecular complexity index is 756. The summed E-state index contributed by atoms with van der Waals surface area (Å²) in [4.78, 5) is 0. The van der Waals surface area contributed by atoms with E-state index in [1.165, 1.54) is 10.4 Å². The van der Waals surface area contributed by atoms with Gasteiger partial charge in [-0.05, 0) is 30.7 Å². The molecular formula is C13H16BrNO4S2. The van der Waals surface area contributed by atoms with Gasteiger partial charge < -0.3 is 0 Å². The minimum Gasteiger partial charge on any atom is -0.229 e. The number of benzene rings is 1. The third-order valence-electron chi connectivity index (χ3n) is 3.22. The molecule has 1 aliphatic heterocycles. The maximum absolute atomic E-state index is 12.3. The number of hydrogen-bond acceptors (Lipinski definition) is 4. The van der Waals surface area contributed by atoms with Crippen molar-refractivity contribution in [1.82, 2.24) is 4.31 Å². The van der Waals surface area contributed by atoms with Crippen molar-refractivity contribution in [1.29, 1.82) is 0 Å². The van der Waals surface area contributed by atoms with Crippen molar-refractivity contribution in [3.8, 4) is 0 Å². The lowest BCUT2D eigenvalue weighted by Crippen LogP contribution is -2.48. The van der Waals surface area contributed by atoms with Gasteiger partial charge in [-0.2, -0.15) is 4.31 Å².